The molecule has 0 aliphatic carbocycles. The van der Waals surface area contributed by atoms with Crippen molar-refractivity contribution in [2.45, 2.75) is 0 Å². The van der Waals surface area contributed by atoms with E-state index >= 15 is 0 Å². The van der Waals surface area contributed by atoms with Gasteiger partial charge in [0.25, 0.3) is 0 Å². The zero-order chi connectivity index (χ0) is 11.4. The monoisotopic (exact) mass is 219 g/mol. The second-order valence-corrected chi connectivity index (χ2v) is 2.47. The van der Waals surface area contributed by atoms with Crippen LogP contribution in [0.25, 0.3) is 0 Å². The second kappa shape index (κ2) is 11.1. The van der Waals surface area contributed by atoms with Gasteiger partial charge in [0, 0.05) is 6.08 Å². The van der Waals surface area contributed by atoms with Gasteiger partial charge in [-0.3, -0.25) is 0 Å². The first-order valence-corrected chi connectivity index (χ1v) is 4.57. The topological polar surface area (TPSA) is 80.0 Å². The van der Waals surface area contributed by atoms with Crippen LogP contribution in [0.1, 0.15) is 0 Å². The van der Waals surface area contributed by atoms with Crippen LogP contribution in [0.15, 0.2) is 12.7 Å². The largest absolute Gasteiger partial charge is 0.460 e. The first kappa shape index (κ1) is 14.1. The molecule has 0 unspecified atom stereocenters. The summed E-state index contributed by atoms with van der Waals surface area (Å²) < 4.78 is 14.8. The minimum absolute atomic E-state index is 0.219. The van der Waals surface area contributed by atoms with Crippen LogP contribution in [0, 0.1) is 0 Å². The summed E-state index contributed by atoms with van der Waals surface area (Å²) in [6.07, 6.45) is 1.11. The molecule has 0 rings (SSSR count). The van der Waals surface area contributed by atoms with Crippen molar-refractivity contribution in [2.24, 2.45) is 5.90 Å². The molecule has 0 heterocycles. The van der Waals surface area contributed by atoms with Crippen LogP contribution in [0.2, 0.25) is 0 Å². The molecule has 0 fully saturated rings. The fraction of sp³-hybridized carbons (Fsp3) is 0.667. The smallest absolute Gasteiger partial charge is 0.330 e. The van der Waals surface area contributed by atoms with Gasteiger partial charge in [0.15, 0.2) is 0 Å². The third-order valence-corrected chi connectivity index (χ3v) is 1.36. The molecule has 0 aromatic carbocycles. The van der Waals surface area contributed by atoms with Crippen molar-refractivity contribution in [2.75, 3.05) is 39.6 Å². The number of carbonyl (C=O) groups is 1. The van der Waals surface area contributed by atoms with Gasteiger partial charge in [-0.2, -0.15) is 0 Å². The van der Waals surface area contributed by atoms with Gasteiger partial charge < -0.3 is 19.0 Å². The molecular weight excluding hydrogens is 202 g/mol. The van der Waals surface area contributed by atoms with Crippen molar-refractivity contribution < 1.29 is 23.8 Å². The molecule has 0 saturated heterocycles. The maximum atomic E-state index is 10.6. The standard InChI is InChI=1S/C9H17NO5/c1-2-9(11)14-7-5-12-3-4-13-6-8-15-10/h2H,1,3-8,10H2. The Balaban J connectivity index is 2.98. The Morgan fingerprint density at radius 3 is 2.13 bits per heavy atom. The molecule has 0 aliphatic rings. The zero-order valence-electron chi connectivity index (χ0n) is 8.65. The molecule has 0 aromatic rings. The maximum absolute atomic E-state index is 10.6. The van der Waals surface area contributed by atoms with Crippen LogP contribution in [-0.4, -0.2) is 45.6 Å². The molecule has 6 heteroatoms. The average Bonchev–Trinajstić information content (AvgIpc) is 2.26. The Hall–Kier alpha value is -0.950. The highest BCUT2D eigenvalue weighted by Gasteiger charge is 1.94. The normalized spacial score (nSPS) is 9.93. The van der Waals surface area contributed by atoms with Crippen LogP contribution >= 0.6 is 0 Å². The first-order chi connectivity index (χ1) is 7.31. The zero-order valence-corrected chi connectivity index (χ0v) is 8.65. The fourth-order valence-corrected chi connectivity index (χ4v) is 0.689. The number of nitrogens with two attached hydrogens (primary N) is 1. The molecule has 0 radical (unpaired) electrons. The van der Waals surface area contributed by atoms with E-state index in [4.69, 9.17) is 15.4 Å². The van der Waals surface area contributed by atoms with Crippen LogP contribution < -0.4 is 5.90 Å². The van der Waals surface area contributed by atoms with Gasteiger partial charge in [0.2, 0.25) is 0 Å². The highest BCUT2D eigenvalue weighted by molar-refractivity contribution is 5.81. The van der Waals surface area contributed by atoms with Gasteiger partial charge in [-0.1, -0.05) is 6.58 Å². The van der Waals surface area contributed by atoms with E-state index in [1.54, 1.807) is 0 Å². The lowest BCUT2D eigenvalue weighted by atomic mass is 10.6. The lowest BCUT2D eigenvalue weighted by Crippen LogP contribution is -2.13. The van der Waals surface area contributed by atoms with E-state index in [1.807, 2.05) is 0 Å². The Morgan fingerprint density at radius 1 is 1.07 bits per heavy atom. The summed E-state index contributed by atoms with van der Waals surface area (Å²) in [5, 5.41) is 0. The average molecular weight is 219 g/mol. The third-order valence-electron chi connectivity index (χ3n) is 1.36. The van der Waals surface area contributed by atoms with Crippen LogP contribution in [0.5, 0.6) is 0 Å². The van der Waals surface area contributed by atoms with Gasteiger partial charge in [-0.25, -0.2) is 10.7 Å². The van der Waals surface area contributed by atoms with Crippen molar-refractivity contribution in [3.63, 3.8) is 0 Å². The Morgan fingerprint density at radius 2 is 1.60 bits per heavy atom. The Kier molecular flexibility index (Phi) is 10.4. The minimum Gasteiger partial charge on any atom is -0.460 e. The van der Waals surface area contributed by atoms with Crippen molar-refractivity contribution >= 4 is 5.97 Å². The summed E-state index contributed by atoms with van der Waals surface area (Å²) >= 11 is 0. The molecule has 2 N–H and O–H groups in total. The highest BCUT2D eigenvalue weighted by atomic mass is 16.6. The van der Waals surface area contributed by atoms with Gasteiger partial charge in [-0.15, -0.1) is 0 Å². The maximum Gasteiger partial charge on any atom is 0.330 e. The summed E-state index contributed by atoms with van der Waals surface area (Å²) in [5.74, 6) is 4.33. The van der Waals surface area contributed by atoms with E-state index in [2.05, 4.69) is 16.2 Å². The van der Waals surface area contributed by atoms with E-state index in [9.17, 15) is 4.79 Å². The summed E-state index contributed by atoms with van der Waals surface area (Å²) in [7, 11) is 0. The quantitative estimate of drug-likeness (QED) is 0.234. The van der Waals surface area contributed by atoms with Crippen molar-refractivity contribution in [3.05, 3.63) is 12.7 Å². The predicted octanol–water partition coefficient (Wildman–Crippen LogP) is -0.361. The molecule has 15 heavy (non-hydrogen) atoms. The lowest BCUT2D eigenvalue weighted by Gasteiger charge is -2.05. The molecule has 0 spiro atoms. The number of hydrogen-bond donors (Lipinski definition) is 1. The van der Waals surface area contributed by atoms with E-state index in [-0.39, 0.29) is 6.61 Å². The van der Waals surface area contributed by atoms with Gasteiger partial charge in [-0.05, 0) is 0 Å². The van der Waals surface area contributed by atoms with Crippen molar-refractivity contribution in [1.29, 1.82) is 0 Å². The Labute approximate surface area is 88.9 Å². The SMILES string of the molecule is C=CC(=O)OCCOCCOCCON. The lowest BCUT2D eigenvalue weighted by molar-refractivity contribution is -0.139. The number of hydrogen-bond acceptors (Lipinski definition) is 6. The van der Waals surface area contributed by atoms with Crippen LogP contribution in [0.3, 0.4) is 0 Å². The molecule has 0 bridgehead atoms. The summed E-state index contributed by atoms with van der Waals surface area (Å²) in [6.45, 7) is 5.51. The number of esters is 1. The van der Waals surface area contributed by atoms with Crippen molar-refractivity contribution in [1.82, 2.24) is 0 Å². The van der Waals surface area contributed by atoms with E-state index < -0.39 is 5.97 Å². The molecular formula is C9H17NO5. The van der Waals surface area contributed by atoms with Gasteiger partial charge >= 0.3 is 5.97 Å². The third kappa shape index (κ3) is 11.0. The summed E-state index contributed by atoms with van der Waals surface area (Å²) in [5.41, 5.74) is 0. The van der Waals surface area contributed by atoms with E-state index in [1.165, 1.54) is 0 Å². The summed E-state index contributed by atoms with van der Waals surface area (Å²) in [6, 6.07) is 0. The molecule has 0 amide bonds. The number of ether oxygens (including phenoxy) is 3. The van der Waals surface area contributed by atoms with E-state index in [0.717, 1.165) is 6.08 Å². The first-order valence-electron chi connectivity index (χ1n) is 4.57. The Bertz CT molecular complexity index is 174. The van der Waals surface area contributed by atoms with Gasteiger partial charge in [0.1, 0.15) is 6.61 Å². The van der Waals surface area contributed by atoms with Crippen molar-refractivity contribution in [3.8, 4) is 0 Å². The summed E-state index contributed by atoms with van der Waals surface area (Å²) in [4.78, 5) is 14.9. The molecule has 0 aromatic heterocycles. The molecule has 0 aliphatic heterocycles. The number of rotatable bonds is 10. The molecule has 88 valence electrons. The van der Waals surface area contributed by atoms with E-state index in [0.29, 0.717) is 33.0 Å². The molecule has 0 saturated carbocycles. The second-order valence-electron chi connectivity index (χ2n) is 2.47. The van der Waals surface area contributed by atoms with Gasteiger partial charge in [0.05, 0.1) is 33.0 Å². The molecule has 6 nitrogen and oxygen atoms in total. The fourth-order valence-electron chi connectivity index (χ4n) is 0.689. The predicted molar refractivity (Wildman–Crippen MR) is 52.9 cm³/mol. The van der Waals surface area contributed by atoms with Crippen LogP contribution in [0.4, 0.5) is 0 Å². The highest BCUT2D eigenvalue weighted by Crippen LogP contribution is 1.82. The number of carbonyl (C=O) groups excluding carboxylic acids is 1. The molecule has 0 atom stereocenters. The minimum atomic E-state index is -0.449. The van der Waals surface area contributed by atoms with Crippen LogP contribution in [-0.2, 0) is 23.8 Å².